The third-order valence-corrected chi connectivity index (χ3v) is 5.90. The molecule has 2 fully saturated rings. The SMILES string of the molecule is CC1(C)CC(NC(=O)C(C)(C)Oc2ccc(C3CC3(Cl)Cl)cc2)CCO1. The molecule has 0 bridgehead atoms. The van der Waals surface area contributed by atoms with Crippen LogP contribution in [-0.2, 0) is 9.53 Å². The van der Waals surface area contributed by atoms with E-state index in [1.807, 2.05) is 38.1 Å². The Morgan fingerprint density at radius 1 is 1.23 bits per heavy atom. The minimum atomic E-state index is -0.966. The first-order chi connectivity index (χ1) is 12.0. The topological polar surface area (TPSA) is 47.6 Å². The molecular formula is C20H27Cl2NO3. The number of halogens is 2. The summed E-state index contributed by atoms with van der Waals surface area (Å²) in [6.07, 6.45) is 2.38. The fraction of sp³-hybridized carbons (Fsp3) is 0.650. The molecule has 2 atom stereocenters. The first-order valence-electron chi connectivity index (χ1n) is 9.10. The zero-order chi connectivity index (χ0) is 19.2. The van der Waals surface area contributed by atoms with Gasteiger partial charge in [0.1, 0.15) is 10.1 Å². The van der Waals surface area contributed by atoms with Crippen LogP contribution in [-0.4, -0.2) is 34.1 Å². The second-order valence-corrected chi connectivity index (χ2v) is 10.0. The molecule has 0 radical (unpaired) electrons. The van der Waals surface area contributed by atoms with Gasteiger partial charge < -0.3 is 14.8 Å². The monoisotopic (exact) mass is 399 g/mol. The molecule has 0 spiro atoms. The molecule has 2 unspecified atom stereocenters. The van der Waals surface area contributed by atoms with E-state index in [-0.39, 0.29) is 23.5 Å². The number of carbonyl (C=O) groups excluding carboxylic acids is 1. The third-order valence-electron chi connectivity index (χ3n) is 5.06. The van der Waals surface area contributed by atoms with Gasteiger partial charge >= 0.3 is 0 Å². The van der Waals surface area contributed by atoms with Crippen LogP contribution in [0.5, 0.6) is 5.75 Å². The first-order valence-corrected chi connectivity index (χ1v) is 9.86. The van der Waals surface area contributed by atoms with Gasteiger partial charge in [0.2, 0.25) is 0 Å². The number of hydrogen-bond donors (Lipinski definition) is 1. The van der Waals surface area contributed by atoms with Crippen molar-refractivity contribution in [3.63, 3.8) is 0 Å². The summed E-state index contributed by atoms with van der Waals surface area (Å²) in [5, 5.41) is 3.11. The summed E-state index contributed by atoms with van der Waals surface area (Å²) in [5.41, 5.74) is -0.0827. The van der Waals surface area contributed by atoms with Crippen LogP contribution in [0.15, 0.2) is 24.3 Å². The molecule has 1 aromatic carbocycles. The predicted molar refractivity (Wildman–Crippen MR) is 104 cm³/mol. The molecule has 1 aliphatic heterocycles. The van der Waals surface area contributed by atoms with Crippen molar-refractivity contribution in [3.05, 3.63) is 29.8 Å². The summed E-state index contributed by atoms with van der Waals surface area (Å²) in [6.45, 7) is 8.31. The molecule has 26 heavy (non-hydrogen) atoms. The van der Waals surface area contributed by atoms with E-state index in [9.17, 15) is 4.79 Å². The maximum Gasteiger partial charge on any atom is 0.263 e. The smallest absolute Gasteiger partial charge is 0.263 e. The zero-order valence-electron chi connectivity index (χ0n) is 15.8. The average molecular weight is 400 g/mol. The van der Waals surface area contributed by atoms with Crippen LogP contribution in [0.1, 0.15) is 58.4 Å². The van der Waals surface area contributed by atoms with Gasteiger partial charge in [-0.1, -0.05) is 12.1 Å². The molecule has 6 heteroatoms. The summed E-state index contributed by atoms with van der Waals surface area (Å²) in [6, 6.07) is 7.75. The number of rotatable bonds is 5. The van der Waals surface area contributed by atoms with E-state index in [2.05, 4.69) is 5.32 Å². The lowest BCUT2D eigenvalue weighted by Crippen LogP contribution is -2.53. The van der Waals surface area contributed by atoms with Crippen LogP contribution < -0.4 is 10.1 Å². The molecule has 3 rings (SSSR count). The van der Waals surface area contributed by atoms with Crippen LogP contribution in [0.25, 0.3) is 0 Å². The van der Waals surface area contributed by atoms with Crippen molar-refractivity contribution >= 4 is 29.1 Å². The van der Waals surface area contributed by atoms with Gasteiger partial charge in [-0.15, -0.1) is 23.2 Å². The number of carbonyl (C=O) groups is 1. The van der Waals surface area contributed by atoms with Crippen LogP contribution in [0.4, 0.5) is 0 Å². The molecule has 2 aliphatic rings. The fourth-order valence-corrected chi connectivity index (χ4v) is 3.96. The first kappa shape index (κ1) is 19.8. The van der Waals surface area contributed by atoms with Gasteiger partial charge in [0.15, 0.2) is 5.60 Å². The summed E-state index contributed by atoms with van der Waals surface area (Å²) < 4.78 is 11.0. The van der Waals surface area contributed by atoms with Gasteiger partial charge in [-0.05, 0) is 64.7 Å². The summed E-state index contributed by atoms with van der Waals surface area (Å²) >= 11 is 12.2. The van der Waals surface area contributed by atoms with Crippen LogP contribution in [0.3, 0.4) is 0 Å². The predicted octanol–water partition coefficient (Wildman–Crippen LogP) is 4.58. The Kier molecular flexibility index (Phi) is 5.24. The number of ether oxygens (including phenoxy) is 2. The van der Waals surface area contributed by atoms with Crippen molar-refractivity contribution in [2.24, 2.45) is 0 Å². The Balaban J connectivity index is 1.58. The lowest BCUT2D eigenvalue weighted by atomic mass is 9.93. The van der Waals surface area contributed by atoms with Crippen molar-refractivity contribution in [2.75, 3.05) is 6.61 Å². The van der Waals surface area contributed by atoms with Crippen LogP contribution in [0, 0.1) is 0 Å². The van der Waals surface area contributed by atoms with E-state index >= 15 is 0 Å². The number of hydrogen-bond acceptors (Lipinski definition) is 3. The molecule has 1 saturated carbocycles. The highest BCUT2D eigenvalue weighted by molar-refractivity contribution is 6.51. The van der Waals surface area contributed by atoms with Gasteiger partial charge in [-0.25, -0.2) is 0 Å². The summed E-state index contributed by atoms with van der Waals surface area (Å²) in [4.78, 5) is 12.7. The van der Waals surface area contributed by atoms with Crippen LogP contribution >= 0.6 is 23.2 Å². The van der Waals surface area contributed by atoms with Crippen molar-refractivity contribution in [2.45, 2.75) is 74.5 Å². The maximum atomic E-state index is 12.7. The highest BCUT2D eigenvalue weighted by Crippen LogP contribution is 2.59. The van der Waals surface area contributed by atoms with E-state index in [4.69, 9.17) is 32.7 Å². The number of nitrogens with one attached hydrogen (secondary N) is 1. The molecular weight excluding hydrogens is 373 g/mol. The Morgan fingerprint density at radius 3 is 2.38 bits per heavy atom. The Bertz CT molecular complexity index is 670. The lowest BCUT2D eigenvalue weighted by Gasteiger charge is -2.37. The van der Waals surface area contributed by atoms with Gasteiger partial charge in [-0.3, -0.25) is 4.79 Å². The van der Waals surface area contributed by atoms with Crippen LogP contribution in [0.2, 0.25) is 0 Å². The highest BCUT2D eigenvalue weighted by atomic mass is 35.5. The molecule has 144 valence electrons. The molecule has 1 amide bonds. The molecule has 1 heterocycles. The summed E-state index contributed by atoms with van der Waals surface area (Å²) in [7, 11) is 0. The summed E-state index contributed by atoms with van der Waals surface area (Å²) in [5.74, 6) is 0.705. The van der Waals surface area contributed by atoms with Crippen molar-refractivity contribution in [1.82, 2.24) is 5.32 Å². The largest absolute Gasteiger partial charge is 0.478 e. The van der Waals surface area contributed by atoms with Gasteiger partial charge in [0.25, 0.3) is 5.91 Å². The number of benzene rings is 1. The third kappa shape index (κ3) is 4.65. The molecule has 1 aliphatic carbocycles. The molecule has 1 N–H and O–H groups in total. The van der Waals surface area contributed by atoms with Gasteiger partial charge in [-0.2, -0.15) is 0 Å². The normalized spacial score (nSPS) is 26.8. The Morgan fingerprint density at radius 2 is 1.85 bits per heavy atom. The second kappa shape index (κ2) is 6.88. The minimum absolute atomic E-state index is 0.104. The fourth-order valence-electron chi connectivity index (χ4n) is 3.40. The van der Waals surface area contributed by atoms with Crippen molar-refractivity contribution < 1.29 is 14.3 Å². The standard InChI is InChI=1S/C20H27Cl2NO3/c1-18(2)11-14(9-10-25-18)23-17(24)19(3,4)26-15-7-5-13(6-8-15)16-12-20(16,21)22/h5-8,14,16H,9-12H2,1-4H3,(H,23,24). The van der Waals surface area contributed by atoms with Gasteiger partial charge in [0, 0.05) is 18.6 Å². The van der Waals surface area contributed by atoms with Gasteiger partial charge in [0.05, 0.1) is 5.60 Å². The molecule has 1 saturated heterocycles. The van der Waals surface area contributed by atoms with E-state index < -0.39 is 9.93 Å². The number of alkyl halides is 2. The Labute approximate surface area is 165 Å². The van der Waals surface area contributed by atoms with E-state index in [0.717, 1.165) is 24.8 Å². The van der Waals surface area contributed by atoms with E-state index in [1.165, 1.54) is 0 Å². The van der Waals surface area contributed by atoms with Crippen molar-refractivity contribution in [3.8, 4) is 5.75 Å². The molecule has 1 aromatic rings. The zero-order valence-corrected chi connectivity index (χ0v) is 17.3. The van der Waals surface area contributed by atoms with Crippen molar-refractivity contribution in [1.29, 1.82) is 0 Å². The van der Waals surface area contributed by atoms with E-state index in [1.54, 1.807) is 13.8 Å². The quantitative estimate of drug-likeness (QED) is 0.736. The minimum Gasteiger partial charge on any atom is -0.478 e. The molecule has 4 nitrogen and oxygen atoms in total. The average Bonchev–Trinajstić information content (AvgIpc) is 3.15. The molecule has 0 aromatic heterocycles. The Hall–Kier alpha value is -0.970. The van der Waals surface area contributed by atoms with E-state index in [0.29, 0.717) is 12.4 Å². The lowest BCUT2D eigenvalue weighted by molar-refractivity contribution is -0.137. The maximum absolute atomic E-state index is 12.7. The number of amides is 1. The highest BCUT2D eigenvalue weighted by Gasteiger charge is 2.52. The second-order valence-electron chi connectivity index (χ2n) is 8.47.